The quantitative estimate of drug-likeness (QED) is 0.628. The van der Waals surface area contributed by atoms with Crippen molar-refractivity contribution < 1.29 is 18.7 Å². The van der Waals surface area contributed by atoms with E-state index in [1.807, 2.05) is 19.1 Å². The molecule has 0 atom stereocenters. The number of nitrogens with zero attached hydrogens (tertiary/aromatic N) is 1. The van der Waals surface area contributed by atoms with Crippen LogP contribution in [0.5, 0.6) is 5.75 Å². The second-order valence-electron chi connectivity index (χ2n) is 6.06. The Balaban J connectivity index is 1.64. The predicted octanol–water partition coefficient (Wildman–Crippen LogP) is 2.94. The lowest BCUT2D eigenvalue weighted by Crippen LogP contribution is -2.31. The van der Waals surface area contributed by atoms with Crippen LogP contribution in [-0.2, 0) is 16.1 Å². The van der Waals surface area contributed by atoms with Gasteiger partial charge in [-0.15, -0.1) is 0 Å². The van der Waals surface area contributed by atoms with Crippen molar-refractivity contribution in [1.82, 2.24) is 15.6 Å². The molecule has 2 amide bonds. The first-order valence-corrected chi connectivity index (χ1v) is 8.95. The van der Waals surface area contributed by atoms with Crippen LogP contribution in [0.1, 0.15) is 17.7 Å². The van der Waals surface area contributed by atoms with Crippen molar-refractivity contribution in [2.45, 2.75) is 19.9 Å². The fraction of sp³-hybridized carbons (Fsp3) is 0.250. The summed E-state index contributed by atoms with van der Waals surface area (Å²) in [6, 6.07) is 7.67. The van der Waals surface area contributed by atoms with Gasteiger partial charge < -0.3 is 15.4 Å². The van der Waals surface area contributed by atoms with Crippen molar-refractivity contribution in [1.29, 1.82) is 0 Å². The number of rotatable bonds is 9. The van der Waals surface area contributed by atoms with Gasteiger partial charge in [0.15, 0.2) is 6.61 Å². The van der Waals surface area contributed by atoms with Crippen LogP contribution in [0.4, 0.5) is 4.39 Å². The molecule has 0 saturated carbocycles. The molecule has 148 valence electrons. The number of hydrogen-bond donors (Lipinski definition) is 2. The van der Waals surface area contributed by atoms with Gasteiger partial charge in [-0.3, -0.25) is 14.6 Å². The predicted molar refractivity (Wildman–Crippen MR) is 104 cm³/mol. The van der Waals surface area contributed by atoms with E-state index in [0.29, 0.717) is 18.5 Å². The van der Waals surface area contributed by atoms with Crippen molar-refractivity contribution in [2.75, 3.05) is 13.2 Å². The largest absolute Gasteiger partial charge is 0.484 e. The van der Waals surface area contributed by atoms with Gasteiger partial charge in [0, 0.05) is 36.6 Å². The molecule has 0 aliphatic rings. The molecule has 2 N–H and O–H groups in total. The number of aryl methyl sites for hydroxylation is 1. The molecule has 0 bridgehead atoms. The van der Waals surface area contributed by atoms with Crippen LogP contribution in [-0.4, -0.2) is 29.9 Å². The number of aromatic nitrogens is 1. The van der Waals surface area contributed by atoms with Crippen molar-refractivity contribution in [3.05, 3.63) is 70.8 Å². The monoisotopic (exact) mass is 405 g/mol. The zero-order chi connectivity index (χ0) is 20.5. The Morgan fingerprint density at radius 2 is 2.04 bits per heavy atom. The highest BCUT2D eigenvalue weighted by atomic mass is 35.5. The molecule has 0 unspecified atom stereocenters. The van der Waals surface area contributed by atoms with Crippen LogP contribution < -0.4 is 15.4 Å². The highest BCUT2D eigenvalue weighted by Gasteiger charge is 2.09. The minimum Gasteiger partial charge on any atom is -0.484 e. The average Bonchev–Trinajstić information content (AvgIpc) is 2.68. The number of carbonyl (C=O) groups excluding carboxylic acids is 2. The highest BCUT2D eigenvalue weighted by Crippen LogP contribution is 2.20. The SMILES string of the molecule is C=C(CCNC(=O)COc1ccc(Cl)c(F)c1)C(=O)NCc1ccc(C)nc1. The summed E-state index contributed by atoms with van der Waals surface area (Å²) >= 11 is 5.58. The molecular formula is C20H21ClFN3O3. The Hall–Kier alpha value is -2.93. The highest BCUT2D eigenvalue weighted by molar-refractivity contribution is 6.30. The van der Waals surface area contributed by atoms with Gasteiger partial charge in [0.05, 0.1) is 5.02 Å². The summed E-state index contributed by atoms with van der Waals surface area (Å²) in [7, 11) is 0. The number of nitrogens with one attached hydrogen (secondary N) is 2. The van der Waals surface area contributed by atoms with Gasteiger partial charge in [0.25, 0.3) is 5.91 Å². The first-order chi connectivity index (χ1) is 13.3. The molecule has 1 heterocycles. The van der Waals surface area contributed by atoms with Crippen molar-refractivity contribution in [3.63, 3.8) is 0 Å². The summed E-state index contributed by atoms with van der Waals surface area (Å²) in [5.41, 5.74) is 2.14. The Bertz CT molecular complexity index is 856. The molecule has 1 aromatic carbocycles. The number of benzene rings is 1. The topological polar surface area (TPSA) is 80.3 Å². The van der Waals surface area contributed by atoms with E-state index in [1.165, 1.54) is 12.1 Å². The van der Waals surface area contributed by atoms with Crippen LogP contribution in [0, 0.1) is 12.7 Å². The fourth-order valence-corrected chi connectivity index (χ4v) is 2.26. The van der Waals surface area contributed by atoms with Crippen LogP contribution >= 0.6 is 11.6 Å². The molecule has 0 fully saturated rings. The maximum absolute atomic E-state index is 13.3. The number of amides is 2. The van der Waals surface area contributed by atoms with Crippen molar-refractivity contribution in [2.24, 2.45) is 0 Å². The zero-order valence-corrected chi connectivity index (χ0v) is 16.2. The maximum atomic E-state index is 13.3. The van der Waals surface area contributed by atoms with Crippen LogP contribution in [0.2, 0.25) is 5.02 Å². The molecule has 6 nitrogen and oxygen atoms in total. The second-order valence-corrected chi connectivity index (χ2v) is 6.47. The minimum absolute atomic E-state index is 0.0211. The van der Waals surface area contributed by atoms with Gasteiger partial charge >= 0.3 is 0 Å². The van der Waals surface area contributed by atoms with Crippen LogP contribution in [0.15, 0.2) is 48.7 Å². The average molecular weight is 406 g/mol. The summed E-state index contributed by atoms with van der Waals surface area (Å²) in [4.78, 5) is 27.9. The Labute approximate surface area is 167 Å². The lowest BCUT2D eigenvalue weighted by atomic mass is 10.2. The van der Waals surface area contributed by atoms with E-state index in [4.69, 9.17) is 16.3 Å². The number of hydrogen-bond acceptors (Lipinski definition) is 4. The molecule has 8 heteroatoms. The second kappa shape index (κ2) is 10.4. The van der Waals surface area contributed by atoms with Crippen LogP contribution in [0.25, 0.3) is 0 Å². The molecule has 28 heavy (non-hydrogen) atoms. The molecule has 1 aromatic heterocycles. The number of halogens is 2. The summed E-state index contributed by atoms with van der Waals surface area (Å²) in [6.45, 7) is 5.92. The molecule has 0 saturated heterocycles. The summed E-state index contributed by atoms with van der Waals surface area (Å²) < 4.78 is 18.5. The van der Waals surface area contributed by atoms with Gasteiger partial charge in [-0.25, -0.2) is 4.39 Å². The van der Waals surface area contributed by atoms with Crippen LogP contribution in [0.3, 0.4) is 0 Å². The standard InChI is InChI=1S/C20H21ClFN3O3/c1-13(20(27)25-11-15-4-3-14(2)24-10-15)7-8-23-19(26)12-28-16-5-6-17(21)18(22)9-16/h3-6,9-10H,1,7-8,11-12H2,2H3,(H,23,26)(H,25,27). The van der Waals surface area contributed by atoms with E-state index < -0.39 is 11.7 Å². The maximum Gasteiger partial charge on any atom is 0.257 e. The number of carbonyl (C=O) groups is 2. The summed E-state index contributed by atoms with van der Waals surface area (Å²) in [5.74, 6) is -1.10. The van der Waals surface area contributed by atoms with Gasteiger partial charge in [-0.05, 0) is 37.1 Å². The van der Waals surface area contributed by atoms with Crippen molar-refractivity contribution >= 4 is 23.4 Å². The van der Waals surface area contributed by atoms with Gasteiger partial charge in [0.1, 0.15) is 11.6 Å². The molecule has 0 aliphatic heterocycles. The molecule has 2 rings (SSSR count). The third-order valence-electron chi connectivity index (χ3n) is 3.76. The van der Waals surface area contributed by atoms with E-state index in [-0.39, 0.29) is 29.8 Å². The lowest BCUT2D eigenvalue weighted by molar-refractivity contribution is -0.123. The van der Waals surface area contributed by atoms with E-state index >= 15 is 0 Å². The Morgan fingerprint density at radius 1 is 1.25 bits per heavy atom. The summed E-state index contributed by atoms with van der Waals surface area (Å²) in [6.07, 6.45) is 1.99. The molecule has 0 spiro atoms. The smallest absolute Gasteiger partial charge is 0.257 e. The molecule has 0 aliphatic carbocycles. The Morgan fingerprint density at radius 3 is 2.71 bits per heavy atom. The fourth-order valence-electron chi connectivity index (χ4n) is 2.14. The van der Waals surface area contributed by atoms with Gasteiger partial charge in [0.2, 0.25) is 5.91 Å². The number of pyridine rings is 1. The third-order valence-corrected chi connectivity index (χ3v) is 4.06. The molecular weight excluding hydrogens is 385 g/mol. The van der Waals surface area contributed by atoms with E-state index in [1.54, 1.807) is 6.20 Å². The van der Waals surface area contributed by atoms with Crippen molar-refractivity contribution in [3.8, 4) is 5.75 Å². The normalized spacial score (nSPS) is 10.2. The zero-order valence-electron chi connectivity index (χ0n) is 15.4. The Kier molecular flexibility index (Phi) is 7.95. The minimum atomic E-state index is -0.622. The summed E-state index contributed by atoms with van der Waals surface area (Å²) in [5, 5.41) is 5.34. The third kappa shape index (κ3) is 7.00. The first kappa shape index (κ1) is 21.4. The number of ether oxygens (including phenoxy) is 1. The lowest BCUT2D eigenvalue weighted by Gasteiger charge is -2.10. The first-order valence-electron chi connectivity index (χ1n) is 8.57. The van der Waals surface area contributed by atoms with Gasteiger partial charge in [-0.2, -0.15) is 0 Å². The molecule has 2 aromatic rings. The molecule has 0 radical (unpaired) electrons. The van der Waals surface area contributed by atoms with E-state index in [9.17, 15) is 14.0 Å². The van der Waals surface area contributed by atoms with E-state index in [2.05, 4.69) is 22.2 Å². The van der Waals surface area contributed by atoms with Gasteiger partial charge in [-0.1, -0.05) is 24.2 Å². The van der Waals surface area contributed by atoms with E-state index in [0.717, 1.165) is 17.3 Å².